The fraction of sp³-hybridized carbons (Fsp3) is 0.273. The van der Waals surface area contributed by atoms with Crippen LogP contribution < -0.4 is 10.2 Å². The summed E-state index contributed by atoms with van der Waals surface area (Å²) < 4.78 is 5.48. The molecule has 0 spiro atoms. The number of aromatic nitrogens is 3. The van der Waals surface area contributed by atoms with Crippen molar-refractivity contribution >= 4 is 46.7 Å². The van der Waals surface area contributed by atoms with Gasteiger partial charge < -0.3 is 19.5 Å². The van der Waals surface area contributed by atoms with Gasteiger partial charge in [0.1, 0.15) is 11.6 Å². The molecule has 0 bridgehead atoms. The minimum Gasteiger partial charge on any atom is -0.465 e. The number of hydrogen-bond donors (Lipinski definition) is 1. The van der Waals surface area contributed by atoms with E-state index in [0.29, 0.717) is 34.5 Å². The fourth-order valence-corrected chi connectivity index (χ4v) is 4.47. The molecular weight excluding hydrogens is 446 g/mol. The van der Waals surface area contributed by atoms with Crippen molar-refractivity contribution in [3.8, 4) is 0 Å². The molecule has 0 atom stereocenters. The van der Waals surface area contributed by atoms with Crippen LogP contribution in [-0.2, 0) is 0 Å². The molecule has 1 aromatic carbocycles. The summed E-state index contributed by atoms with van der Waals surface area (Å²) in [7, 11) is 2.12. The number of anilines is 2. The highest BCUT2D eigenvalue weighted by Crippen LogP contribution is 2.32. The standard InChI is InChI=1S/C22H22ClN7OS/c1-29-8-10-30(11-9-29)21-26-20(25-19-13-15(14-24-19)17-6-4-12-31-17)27-22(28-21)32-18-7-3-2-5-16(18)23/h2-7,12-13H,8-11,14H2,1H3,(H,24,25,26,27,28). The van der Waals surface area contributed by atoms with Gasteiger partial charge in [-0.2, -0.15) is 15.0 Å². The predicted molar refractivity (Wildman–Crippen MR) is 128 cm³/mol. The summed E-state index contributed by atoms with van der Waals surface area (Å²) in [6.45, 7) is 4.19. The maximum atomic E-state index is 6.36. The summed E-state index contributed by atoms with van der Waals surface area (Å²) in [6, 6.07) is 11.5. The van der Waals surface area contributed by atoms with Gasteiger partial charge in [0.05, 0.1) is 17.8 Å². The van der Waals surface area contributed by atoms with Crippen molar-refractivity contribution < 1.29 is 4.42 Å². The molecule has 1 saturated heterocycles. The van der Waals surface area contributed by atoms with Crippen LogP contribution in [-0.4, -0.2) is 65.5 Å². The number of rotatable bonds is 5. The van der Waals surface area contributed by atoms with Crippen molar-refractivity contribution in [2.75, 3.05) is 50.0 Å². The van der Waals surface area contributed by atoms with Gasteiger partial charge in [-0.15, -0.1) is 0 Å². The molecule has 0 unspecified atom stereocenters. The minimum atomic E-state index is 0.458. The average molecular weight is 468 g/mol. The van der Waals surface area contributed by atoms with Crippen molar-refractivity contribution in [3.63, 3.8) is 0 Å². The summed E-state index contributed by atoms with van der Waals surface area (Å²) in [5.41, 5.74) is 1.01. The molecule has 5 rings (SSSR count). The van der Waals surface area contributed by atoms with E-state index < -0.39 is 0 Å². The van der Waals surface area contributed by atoms with Gasteiger partial charge in [0.15, 0.2) is 5.16 Å². The number of furan rings is 1. The Labute approximate surface area is 195 Å². The smallest absolute Gasteiger partial charge is 0.234 e. The van der Waals surface area contributed by atoms with Gasteiger partial charge >= 0.3 is 0 Å². The van der Waals surface area contributed by atoms with E-state index in [1.165, 1.54) is 11.8 Å². The molecule has 10 heteroatoms. The molecule has 3 aromatic rings. The molecule has 0 aliphatic carbocycles. The SMILES string of the molecule is CN1CCN(c2nc(NC3=NCC(c4ccco4)=C3)nc(Sc3ccccc3Cl)n2)CC1. The quantitative estimate of drug-likeness (QED) is 0.604. The Bertz CT molecular complexity index is 1160. The lowest BCUT2D eigenvalue weighted by Crippen LogP contribution is -2.45. The number of aliphatic imine (C=N–C) groups is 1. The number of nitrogens with zero attached hydrogens (tertiary/aromatic N) is 6. The van der Waals surface area contributed by atoms with Crippen LogP contribution in [0.1, 0.15) is 5.76 Å². The minimum absolute atomic E-state index is 0.458. The van der Waals surface area contributed by atoms with Crippen molar-refractivity contribution in [2.24, 2.45) is 4.99 Å². The second kappa shape index (κ2) is 9.32. The highest BCUT2D eigenvalue weighted by molar-refractivity contribution is 7.99. The lowest BCUT2D eigenvalue weighted by atomic mass is 10.2. The summed E-state index contributed by atoms with van der Waals surface area (Å²) in [5, 5.41) is 4.50. The van der Waals surface area contributed by atoms with Gasteiger partial charge in [0, 0.05) is 36.6 Å². The molecular formula is C22H22ClN7OS. The highest BCUT2D eigenvalue weighted by Gasteiger charge is 2.20. The maximum Gasteiger partial charge on any atom is 0.234 e. The van der Waals surface area contributed by atoms with E-state index in [1.807, 2.05) is 42.5 Å². The molecule has 1 fully saturated rings. The van der Waals surface area contributed by atoms with Gasteiger partial charge in [0.2, 0.25) is 11.9 Å². The third-order valence-electron chi connectivity index (χ3n) is 5.24. The summed E-state index contributed by atoms with van der Waals surface area (Å²) >= 11 is 7.78. The monoisotopic (exact) mass is 467 g/mol. The van der Waals surface area contributed by atoms with Crippen LogP contribution in [0.4, 0.5) is 11.9 Å². The molecule has 32 heavy (non-hydrogen) atoms. The van der Waals surface area contributed by atoms with E-state index in [4.69, 9.17) is 26.0 Å². The third-order valence-corrected chi connectivity index (χ3v) is 6.62. The zero-order chi connectivity index (χ0) is 21.9. The van der Waals surface area contributed by atoms with E-state index in [-0.39, 0.29) is 0 Å². The molecule has 8 nitrogen and oxygen atoms in total. The number of halogens is 1. The molecule has 0 radical (unpaired) electrons. The summed E-state index contributed by atoms with van der Waals surface area (Å²) in [6.07, 6.45) is 3.62. The van der Waals surface area contributed by atoms with Crippen LogP contribution in [0.25, 0.3) is 5.57 Å². The van der Waals surface area contributed by atoms with E-state index in [9.17, 15) is 0 Å². The average Bonchev–Trinajstić information content (AvgIpc) is 3.48. The number of benzene rings is 1. The normalized spacial score (nSPS) is 16.8. The molecule has 0 saturated carbocycles. The lowest BCUT2D eigenvalue weighted by molar-refractivity contribution is 0.311. The second-order valence-corrected chi connectivity index (χ2v) is 8.95. The number of piperazine rings is 1. The Balaban J connectivity index is 1.42. The Morgan fingerprint density at radius 3 is 2.66 bits per heavy atom. The van der Waals surface area contributed by atoms with Crippen molar-refractivity contribution in [1.82, 2.24) is 19.9 Å². The van der Waals surface area contributed by atoms with Gasteiger partial charge in [-0.3, -0.25) is 4.99 Å². The van der Waals surface area contributed by atoms with Gasteiger partial charge in [-0.05, 0) is 49.2 Å². The van der Waals surface area contributed by atoms with Gasteiger partial charge in [0.25, 0.3) is 0 Å². The lowest BCUT2D eigenvalue weighted by Gasteiger charge is -2.32. The molecule has 2 aliphatic heterocycles. The number of likely N-dealkylation sites (N-methyl/N-ethyl adjacent to an activating group) is 1. The topological polar surface area (TPSA) is 82.7 Å². The molecule has 4 heterocycles. The van der Waals surface area contributed by atoms with Crippen LogP contribution in [0.2, 0.25) is 5.02 Å². The van der Waals surface area contributed by atoms with Crippen LogP contribution >= 0.6 is 23.4 Å². The summed E-state index contributed by atoms with van der Waals surface area (Å²) in [4.78, 5) is 24.0. The Morgan fingerprint density at radius 2 is 1.88 bits per heavy atom. The number of amidine groups is 1. The van der Waals surface area contributed by atoms with E-state index in [0.717, 1.165) is 42.4 Å². The van der Waals surface area contributed by atoms with E-state index in [1.54, 1.807) is 6.26 Å². The highest BCUT2D eigenvalue weighted by atomic mass is 35.5. The predicted octanol–water partition coefficient (Wildman–Crippen LogP) is 3.93. The second-order valence-electron chi connectivity index (χ2n) is 7.54. The first-order valence-electron chi connectivity index (χ1n) is 10.3. The number of hydrogen-bond acceptors (Lipinski definition) is 9. The van der Waals surface area contributed by atoms with Crippen LogP contribution in [0.15, 0.2) is 68.2 Å². The van der Waals surface area contributed by atoms with Crippen molar-refractivity contribution in [2.45, 2.75) is 10.1 Å². The van der Waals surface area contributed by atoms with E-state index >= 15 is 0 Å². The van der Waals surface area contributed by atoms with Crippen molar-refractivity contribution in [3.05, 3.63) is 59.5 Å². The first kappa shape index (κ1) is 21.0. The Hall–Kier alpha value is -2.88. The Morgan fingerprint density at radius 1 is 1.03 bits per heavy atom. The zero-order valence-electron chi connectivity index (χ0n) is 17.5. The van der Waals surface area contributed by atoms with Crippen LogP contribution in [0, 0.1) is 0 Å². The van der Waals surface area contributed by atoms with Crippen LogP contribution in [0.3, 0.4) is 0 Å². The van der Waals surface area contributed by atoms with Crippen molar-refractivity contribution in [1.29, 1.82) is 0 Å². The van der Waals surface area contributed by atoms with E-state index in [2.05, 4.69) is 32.1 Å². The first-order chi connectivity index (χ1) is 15.6. The third kappa shape index (κ3) is 4.79. The largest absolute Gasteiger partial charge is 0.465 e. The van der Waals surface area contributed by atoms with Crippen LogP contribution in [0.5, 0.6) is 0 Å². The van der Waals surface area contributed by atoms with Gasteiger partial charge in [-0.25, -0.2) is 0 Å². The zero-order valence-corrected chi connectivity index (χ0v) is 19.1. The molecule has 1 N–H and O–H groups in total. The molecule has 164 valence electrons. The van der Waals surface area contributed by atoms with Gasteiger partial charge in [-0.1, -0.05) is 23.7 Å². The number of nitrogens with one attached hydrogen (secondary N) is 1. The maximum absolute atomic E-state index is 6.36. The molecule has 2 aromatic heterocycles. The first-order valence-corrected chi connectivity index (χ1v) is 11.5. The summed E-state index contributed by atoms with van der Waals surface area (Å²) in [5.74, 6) is 2.62. The molecule has 2 aliphatic rings. The fourth-order valence-electron chi connectivity index (χ4n) is 3.45. The molecule has 0 amide bonds. The Kier molecular flexibility index (Phi) is 6.11.